The molecule has 0 bridgehead atoms. The molecule has 1 aliphatic heterocycles. The maximum atomic E-state index is 12.6. The lowest BCUT2D eigenvalue weighted by atomic mass is 10.2. The van der Waals surface area contributed by atoms with Crippen molar-refractivity contribution in [2.24, 2.45) is 0 Å². The quantitative estimate of drug-likeness (QED) is 0.782. The Labute approximate surface area is 169 Å². The SMILES string of the molecule is O=C(NCc1ccc(S(=O)(=O)N2CCCCC2)cc1)c1cccc(Cl)c1Cl. The fourth-order valence-electron chi connectivity index (χ4n) is 2.99. The molecule has 1 N–H and O–H groups in total. The van der Waals surface area contributed by atoms with Gasteiger partial charge < -0.3 is 5.32 Å². The van der Waals surface area contributed by atoms with Crippen LogP contribution >= 0.6 is 23.2 Å². The summed E-state index contributed by atoms with van der Waals surface area (Å²) < 4.78 is 26.8. The predicted molar refractivity (Wildman–Crippen MR) is 107 cm³/mol. The van der Waals surface area contributed by atoms with Crippen molar-refractivity contribution in [1.82, 2.24) is 9.62 Å². The molecule has 1 amide bonds. The Morgan fingerprint density at radius 3 is 2.33 bits per heavy atom. The molecule has 1 aliphatic rings. The minimum atomic E-state index is -3.45. The number of hydrogen-bond acceptors (Lipinski definition) is 3. The van der Waals surface area contributed by atoms with E-state index in [0.717, 1.165) is 24.8 Å². The van der Waals surface area contributed by atoms with Crippen LogP contribution in [0, 0.1) is 0 Å². The van der Waals surface area contributed by atoms with E-state index in [9.17, 15) is 13.2 Å². The number of nitrogens with one attached hydrogen (secondary N) is 1. The molecule has 1 fully saturated rings. The highest BCUT2D eigenvalue weighted by atomic mass is 35.5. The van der Waals surface area contributed by atoms with Crippen molar-refractivity contribution in [1.29, 1.82) is 0 Å². The van der Waals surface area contributed by atoms with E-state index < -0.39 is 10.0 Å². The number of hydrogen-bond donors (Lipinski definition) is 1. The van der Waals surface area contributed by atoms with Gasteiger partial charge in [-0.25, -0.2) is 8.42 Å². The van der Waals surface area contributed by atoms with Crippen molar-refractivity contribution in [3.63, 3.8) is 0 Å². The van der Waals surface area contributed by atoms with Gasteiger partial charge in [-0.1, -0.05) is 47.8 Å². The van der Waals surface area contributed by atoms with E-state index in [1.54, 1.807) is 42.5 Å². The zero-order valence-electron chi connectivity index (χ0n) is 14.6. The molecule has 8 heteroatoms. The monoisotopic (exact) mass is 426 g/mol. The lowest BCUT2D eigenvalue weighted by Crippen LogP contribution is -2.35. The lowest BCUT2D eigenvalue weighted by Gasteiger charge is -2.25. The standard InChI is InChI=1S/C19H20Cl2N2O3S/c20-17-6-4-5-16(18(17)21)19(24)22-13-14-7-9-15(10-8-14)27(25,26)23-11-2-1-3-12-23/h4-10H,1-3,11-13H2,(H,22,24). The third-order valence-corrected chi connectivity index (χ3v) is 7.26. The van der Waals surface area contributed by atoms with E-state index in [0.29, 0.717) is 23.7 Å². The van der Waals surface area contributed by atoms with Crippen molar-refractivity contribution >= 4 is 39.1 Å². The van der Waals surface area contributed by atoms with Crippen LogP contribution in [-0.2, 0) is 16.6 Å². The maximum Gasteiger partial charge on any atom is 0.253 e. The van der Waals surface area contributed by atoms with Crippen LogP contribution in [0.15, 0.2) is 47.4 Å². The Morgan fingerprint density at radius 1 is 1.00 bits per heavy atom. The van der Waals surface area contributed by atoms with Gasteiger partial charge in [0.05, 0.1) is 20.5 Å². The van der Waals surface area contributed by atoms with Crippen LogP contribution < -0.4 is 5.32 Å². The van der Waals surface area contributed by atoms with Gasteiger partial charge in [-0.15, -0.1) is 0 Å². The first-order valence-electron chi connectivity index (χ1n) is 8.71. The number of sulfonamides is 1. The molecular formula is C19H20Cl2N2O3S. The summed E-state index contributed by atoms with van der Waals surface area (Å²) in [5, 5.41) is 3.29. The van der Waals surface area contributed by atoms with Crippen molar-refractivity contribution in [2.45, 2.75) is 30.7 Å². The van der Waals surface area contributed by atoms with Crippen LogP contribution in [0.1, 0.15) is 35.2 Å². The Morgan fingerprint density at radius 2 is 1.67 bits per heavy atom. The smallest absolute Gasteiger partial charge is 0.253 e. The van der Waals surface area contributed by atoms with Gasteiger partial charge >= 0.3 is 0 Å². The molecule has 0 saturated carbocycles. The molecule has 5 nitrogen and oxygen atoms in total. The summed E-state index contributed by atoms with van der Waals surface area (Å²) >= 11 is 12.0. The van der Waals surface area contributed by atoms with Crippen LogP contribution in [0.3, 0.4) is 0 Å². The Balaban J connectivity index is 1.65. The van der Waals surface area contributed by atoms with Crippen LogP contribution in [0.5, 0.6) is 0 Å². The van der Waals surface area contributed by atoms with E-state index in [1.165, 1.54) is 4.31 Å². The van der Waals surface area contributed by atoms with Gasteiger partial charge in [0.25, 0.3) is 5.91 Å². The Kier molecular flexibility index (Phi) is 6.42. The molecule has 2 aromatic rings. The number of piperidine rings is 1. The summed E-state index contributed by atoms with van der Waals surface area (Å²) in [6.45, 7) is 1.40. The molecule has 0 unspecified atom stereocenters. The topological polar surface area (TPSA) is 66.5 Å². The lowest BCUT2D eigenvalue weighted by molar-refractivity contribution is 0.0951. The first-order valence-corrected chi connectivity index (χ1v) is 10.9. The predicted octanol–water partition coefficient (Wildman–Crippen LogP) is 4.10. The molecule has 0 radical (unpaired) electrons. The normalized spacial score (nSPS) is 15.5. The molecule has 0 atom stereocenters. The van der Waals surface area contributed by atoms with Gasteiger partial charge in [0.15, 0.2) is 0 Å². The maximum absolute atomic E-state index is 12.6. The van der Waals surface area contributed by atoms with Crippen LogP contribution in [0.2, 0.25) is 10.0 Å². The van der Waals surface area contributed by atoms with E-state index in [4.69, 9.17) is 23.2 Å². The van der Waals surface area contributed by atoms with Gasteiger partial charge in [-0.2, -0.15) is 4.31 Å². The molecule has 0 aromatic heterocycles. The van der Waals surface area contributed by atoms with Crippen LogP contribution in [0.25, 0.3) is 0 Å². The average molecular weight is 427 g/mol. The highest BCUT2D eigenvalue weighted by Gasteiger charge is 2.25. The summed E-state index contributed by atoms with van der Waals surface area (Å²) in [5.41, 5.74) is 1.09. The molecule has 2 aromatic carbocycles. The van der Waals surface area contributed by atoms with Crippen LogP contribution in [0.4, 0.5) is 0 Å². The zero-order chi connectivity index (χ0) is 19.4. The Hall–Kier alpha value is -1.60. The fourth-order valence-corrected chi connectivity index (χ4v) is 4.89. The fraction of sp³-hybridized carbons (Fsp3) is 0.316. The second kappa shape index (κ2) is 8.61. The molecular weight excluding hydrogens is 407 g/mol. The second-order valence-corrected chi connectivity index (χ2v) is 9.12. The van der Waals surface area contributed by atoms with Gasteiger partial charge in [-0.05, 0) is 42.7 Å². The number of rotatable bonds is 5. The number of carbonyl (C=O) groups excluding carboxylic acids is 1. The molecule has 27 heavy (non-hydrogen) atoms. The molecule has 1 heterocycles. The highest BCUT2D eigenvalue weighted by molar-refractivity contribution is 7.89. The molecule has 0 aliphatic carbocycles. The summed E-state index contributed by atoms with van der Waals surface area (Å²) in [5.74, 6) is -0.340. The first kappa shape index (κ1) is 20.1. The number of nitrogens with zero attached hydrogens (tertiary/aromatic N) is 1. The van der Waals surface area contributed by atoms with Crippen LogP contribution in [-0.4, -0.2) is 31.7 Å². The second-order valence-electron chi connectivity index (χ2n) is 6.39. The summed E-state index contributed by atoms with van der Waals surface area (Å²) in [4.78, 5) is 12.5. The third-order valence-electron chi connectivity index (χ3n) is 4.53. The van der Waals surface area contributed by atoms with Gasteiger partial charge in [-0.3, -0.25) is 4.79 Å². The minimum Gasteiger partial charge on any atom is -0.348 e. The van der Waals surface area contributed by atoms with Crippen molar-refractivity contribution in [3.8, 4) is 0 Å². The summed E-state index contributed by atoms with van der Waals surface area (Å²) in [7, 11) is -3.45. The number of benzene rings is 2. The summed E-state index contributed by atoms with van der Waals surface area (Å²) in [6.07, 6.45) is 2.87. The number of amides is 1. The molecule has 3 rings (SSSR count). The van der Waals surface area contributed by atoms with Gasteiger partial charge in [0.2, 0.25) is 10.0 Å². The largest absolute Gasteiger partial charge is 0.348 e. The van der Waals surface area contributed by atoms with Gasteiger partial charge in [0, 0.05) is 19.6 Å². The minimum absolute atomic E-state index is 0.208. The van der Waals surface area contributed by atoms with E-state index in [-0.39, 0.29) is 22.4 Å². The van der Waals surface area contributed by atoms with Crippen molar-refractivity contribution in [3.05, 3.63) is 63.6 Å². The van der Waals surface area contributed by atoms with E-state index in [2.05, 4.69) is 5.32 Å². The number of halogens is 2. The van der Waals surface area contributed by atoms with E-state index in [1.807, 2.05) is 0 Å². The number of carbonyl (C=O) groups is 1. The van der Waals surface area contributed by atoms with Gasteiger partial charge in [0.1, 0.15) is 0 Å². The molecule has 1 saturated heterocycles. The van der Waals surface area contributed by atoms with E-state index >= 15 is 0 Å². The average Bonchev–Trinajstić information content (AvgIpc) is 2.69. The zero-order valence-corrected chi connectivity index (χ0v) is 16.9. The van der Waals surface area contributed by atoms with Crippen molar-refractivity contribution < 1.29 is 13.2 Å². The Bertz CT molecular complexity index is 924. The highest BCUT2D eigenvalue weighted by Crippen LogP contribution is 2.25. The molecule has 0 spiro atoms. The first-order chi connectivity index (χ1) is 12.9. The third kappa shape index (κ3) is 4.63. The summed E-state index contributed by atoms with van der Waals surface area (Å²) in [6, 6.07) is 11.4. The van der Waals surface area contributed by atoms with Crippen molar-refractivity contribution in [2.75, 3.05) is 13.1 Å². The molecule has 144 valence electrons.